The first-order valence-corrected chi connectivity index (χ1v) is 6.68. The standard InChI is InChI=1S/C13H14ClNOS/c1-9(15)12-6-11(14)2-3-13(12)16-7-10-4-5-17-8-10/h2-6,8-9H,7,15H2,1H3/t9-/m0/s1. The molecule has 1 aromatic heterocycles. The zero-order chi connectivity index (χ0) is 12.3. The molecule has 1 atom stereocenters. The summed E-state index contributed by atoms with van der Waals surface area (Å²) in [4.78, 5) is 0. The molecule has 4 heteroatoms. The smallest absolute Gasteiger partial charge is 0.124 e. The van der Waals surface area contributed by atoms with E-state index in [1.165, 1.54) is 5.56 Å². The van der Waals surface area contributed by atoms with Crippen LogP contribution in [0, 0.1) is 0 Å². The number of hydrogen-bond acceptors (Lipinski definition) is 3. The molecule has 2 nitrogen and oxygen atoms in total. The van der Waals surface area contributed by atoms with Crippen molar-refractivity contribution in [2.45, 2.75) is 19.6 Å². The fourth-order valence-corrected chi connectivity index (χ4v) is 2.38. The molecule has 90 valence electrons. The van der Waals surface area contributed by atoms with Crippen LogP contribution in [0.2, 0.25) is 5.02 Å². The van der Waals surface area contributed by atoms with Crippen molar-refractivity contribution >= 4 is 22.9 Å². The number of benzene rings is 1. The molecule has 0 saturated carbocycles. The molecule has 0 unspecified atom stereocenters. The first kappa shape index (κ1) is 12.4. The van der Waals surface area contributed by atoms with Crippen LogP contribution in [-0.2, 0) is 6.61 Å². The summed E-state index contributed by atoms with van der Waals surface area (Å²) < 4.78 is 5.77. The van der Waals surface area contributed by atoms with Gasteiger partial charge in [0.25, 0.3) is 0 Å². The minimum Gasteiger partial charge on any atom is -0.489 e. The van der Waals surface area contributed by atoms with Gasteiger partial charge in [-0.3, -0.25) is 0 Å². The van der Waals surface area contributed by atoms with E-state index in [4.69, 9.17) is 22.1 Å². The van der Waals surface area contributed by atoms with Crippen LogP contribution in [0.1, 0.15) is 24.1 Å². The minimum atomic E-state index is -0.0915. The Morgan fingerprint density at radius 2 is 2.24 bits per heavy atom. The van der Waals surface area contributed by atoms with Crippen molar-refractivity contribution < 1.29 is 4.74 Å². The first-order valence-electron chi connectivity index (χ1n) is 5.35. The van der Waals surface area contributed by atoms with Gasteiger partial charge in [0.1, 0.15) is 12.4 Å². The van der Waals surface area contributed by atoms with Crippen LogP contribution in [-0.4, -0.2) is 0 Å². The van der Waals surface area contributed by atoms with E-state index in [0.29, 0.717) is 11.6 Å². The summed E-state index contributed by atoms with van der Waals surface area (Å²) in [6.45, 7) is 2.48. The summed E-state index contributed by atoms with van der Waals surface area (Å²) in [5.74, 6) is 0.801. The van der Waals surface area contributed by atoms with E-state index >= 15 is 0 Å². The number of hydrogen-bond donors (Lipinski definition) is 1. The van der Waals surface area contributed by atoms with E-state index in [-0.39, 0.29) is 6.04 Å². The summed E-state index contributed by atoms with van der Waals surface area (Å²) in [5, 5.41) is 4.79. The lowest BCUT2D eigenvalue weighted by molar-refractivity contribution is 0.302. The van der Waals surface area contributed by atoms with Crippen LogP contribution < -0.4 is 10.5 Å². The van der Waals surface area contributed by atoms with Gasteiger partial charge in [0.15, 0.2) is 0 Å². The maximum Gasteiger partial charge on any atom is 0.124 e. The summed E-state index contributed by atoms with van der Waals surface area (Å²) in [5.41, 5.74) is 8.00. The quantitative estimate of drug-likeness (QED) is 0.909. The Bertz CT molecular complexity index is 482. The van der Waals surface area contributed by atoms with Gasteiger partial charge in [0.2, 0.25) is 0 Å². The van der Waals surface area contributed by atoms with Gasteiger partial charge >= 0.3 is 0 Å². The number of ether oxygens (including phenoxy) is 1. The lowest BCUT2D eigenvalue weighted by atomic mass is 10.1. The van der Waals surface area contributed by atoms with Crippen molar-refractivity contribution in [2.24, 2.45) is 5.73 Å². The summed E-state index contributed by atoms with van der Waals surface area (Å²) in [6.07, 6.45) is 0. The van der Waals surface area contributed by atoms with Crippen molar-refractivity contribution in [3.05, 3.63) is 51.2 Å². The molecule has 0 fully saturated rings. The Labute approximate surface area is 110 Å². The molecular formula is C13H14ClNOS. The van der Waals surface area contributed by atoms with Crippen LogP contribution in [0.3, 0.4) is 0 Å². The van der Waals surface area contributed by atoms with E-state index in [9.17, 15) is 0 Å². The van der Waals surface area contributed by atoms with Gasteiger partial charge in [-0.05, 0) is 47.5 Å². The molecule has 1 aromatic carbocycles. The Hall–Kier alpha value is -1.03. The van der Waals surface area contributed by atoms with E-state index in [1.807, 2.05) is 36.6 Å². The molecule has 0 spiro atoms. The third-order valence-corrected chi connectivity index (χ3v) is 3.40. The van der Waals surface area contributed by atoms with Crippen LogP contribution in [0.25, 0.3) is 0 Å². The molecule has 0 aliphatic rings. The maximum absolute atomic E-state index is 5.95. The van der Waals surface area contributed by atoms with Gasteiger partial charge in [0.05, 0.1) is 0 Å². The van der Waals surface area contributed by atoms with E-state index in [2.05, 4.69) is 5.38 Å². The molecule has 2 rings (SSSR count). The van der Waals surface area contributed by atoms with Gasteiger partial charge in [-0.2, -0.15) is 11.3 Å². The average Bonchev–Trinajstić information content (AvgIpc) is 2.80. The highest BCUT2D eigenvalue weighted by Gasteiger charge is 2.09. The Kier molecular flexibility index (Phi) is 4.05. The number of rotatable bonds is 4. The van der Waals surface area contributed by atoms with Crippen molar-refractivity contribution in [1.29, 1.82) is 0 Å². The van der Waals surface area contributed by atoms with Crippen LogP contribution in [0.4, 0.5) is 0 Å². The van der Waals surface area contributed by atoms with Crippen LogP contribution in [0.15, 0.2) is 35.0 Å². The predicted molar refractivity (Wildman–Crippen MR) is 72.7 cm³/mol. The molecule has 0 saturated heterocycles. The molecule has 0 amide bonds. The second-order valence-corrected chi connectivity index (χ2v) is 5.11. The molecule has 2 aromatic rings. The van der Waals surface area contributed by atoms with Crippen LogP contribution in [0.5, 0.6) is 5.75 Å². The largest absolute Gasteiger partial charge is 0.489 e. The van der Waals surface area contributed by atoms with Crippen molar-refractivity contribution in [1.82, 2.24) is 0 Å². The predicted octanol–water partition coefficient (Wildman–Crippen LogP) is 4.00. The van der Waals surface area contributed by atoms with Gasteiger partial charge in [-0.15, -0.1) is 0 Å². The molecule has 2 N–H and O–H groups in total. The number of halogens is 1. The van der Waals surface area contributed by atoms with Crippen LogP contribution >= 0.6 is 22.9 Å². The van der Waals surface area contributed by atoms with E-state index < -0.39 is 0 Å². The fourth-order valence-electron chi connectivity index (χ4n) is 1.54. The summed E-state index contributed by atoms with van der Waals surface area (Å²) in [7, 11) is 0. The number of thiophene rings is 1. The third-order valence-electron chi connectivity index (χ3n) is 2.44. The monoisotopic (exact) mass is 267 g/mol. The lowest BCUT2D eigenvalue weighted by Gasteiger charge is -2.14. The normalized spacial score (nSPS) is 12.4. The average molecular weight is 268 g/mol. The van der Waals surface area contributed by atoms with E-state index in [1.54, 1.807) is 11.3 Å². The van der Waals surface area contributed by atoms with Gasteiger partial charge in [0, 0.05) is 16.6 Å². The third kappa shape index (κ3) is 3.22. The maximum atomic E-state index is 5.95. The number of nitrogens with two attached hydrogens (primary N) is 1. The molecule has 0 aliphatic heterocycles. The van der Waals surface area contributed by atoms with Gasteiger partial charge in [-0.1, -0.05) is 11.6 Å². The van der Waals surface area contributed by atoms with Gasteiger partial charge < -0.3 is 10.5 Å². The topological polar surface area (TPSA) is 35.2 Å². The Balaban J connectivity index is 2.14. The highest BCUT2D eigenvalue weighted by atomic mass is 35.5. The fraction of sp³-hybridized carbons (Fsp3) is 0.231. The molecular weight excluding hydrogens is 254 g/mol. The zero-order valence-corrected chi connectivity index (χ0v) is 11.1. The summed E-state index contributed by atoms with van der Waals surface area (Å²) >= 11 is 7.61. The highest BCUT2D eigenvalue weighted by molar-refractivity contribution is 7.07. The molecule has 0 aliphatic carbocycles. The Morgan fingerprint density at radius 3 is 2.88 bits per heavy atom. The second kappa shape index (κ2) is 5.54. The highest BCUT2D eigenvalue weighted by Crippen LogP contribution is 2.28. The molecule has 0 radical (unpaired) electrons. The molecule has 1 heterocycles. The first-order chi connectivity index (χ1) is 8.16. The zero-order valence-electron chi connectivity index (χ0n) is 9.52. The SMILES string of the molecule is C[C@H](N)c1cc(Cl)ccc1OCc1ccsc1. The van der Waals surface area contributed by atoms with Gasteiger partial charge in [-0.25, -0.2) is 0 Å². The van der Waals surface area contributed by atoms with Crippen molar-refractivity contribution in [3.8, 4) is 5.75 Å². The Morgan fingerprint density at radius 1 is 1.41 bits per heavy atom. The second-order valence-electron chi connectivity index (χ2n) is 3.89. The molecule has 0 bridgehead atoms. The lowest BCUT2D eigenvalue weighted by Crippen LogP contribution is -2.08. The van der Waals surface area contributed by atoms with Crippen molar-refractivity contribution in [2.75, 3.05) is 0 Å². The van der Waals surface area contributed by atoms with Crippen molar-refractivity contribution in [3.63, 3.8) is 0 Å². The summed E-state index contributed by atoms with van der Waals surface area (Å²) in [6, 6.07) is 7.50. The van der Waals surface area contributed by atoms with E-state index in [0.717, 1.165) is 11.3 Å². The molecule has 17 heavy (non-hydrogen) atoms. The minimum absolute atomic E-state index is 0.0915.